The summed E-state index contributed by atoms with van der Waals surface area (Å²) in [5, 5.41) is 18.3. The first-order valence-electron chi connectivity index (χ1n) is 8.11. The van der Waals surface area contributed by atoms with E-state index in [4.69, 9.17) is 23.2 Å². The van der Waals surface area contributed by atoms with Gasteiger partial charge in [0.15, 0.2) is 0 Å². The van der Waals surface area contributed by atoms with Crippen LogP contribution in [0.15, 0.2) is 59.5 Å². The lowest BCUT2D eigenvalue weighted by atomic mass is 10.1. The van der Waals surface area contributed by atoms with Crippen molar-refractivity contribution in [3.05, 3.63) is 86.3 Å². The lowest BCUT2D eigenvalue weighted by Gasteiger charge is -2.20. The predicted molar refractivity (Wildman–Crippen MR) is 102 cm³/mol. The fourth-order valence-electron chi connectivity index (χ4n) is 3.22. The molecule has 7 heteroatoms. The van der Waals surface area contributed by atoms with E-state index in [9.17, 15) is 9.90 Å². The maximum atomic E-state index is 12.6. The maximum absolute atomic E-state index is 12.6. The molecule has 132 valence electrons. The van der Waals surface area contributed by atoms with Gasteiger partial charge >= 0.3 is 0 Å². The van der Waals surface area contributed by atoms with E-state index in [1.54, 1.807) is 24.3 Å². The monoisotopic (exact) mass is 387 g/mol. The van der Waals surface area contributed by atoms with Crippen molar-refractivity contribution < 1.29 is 5.11 Å². The van der Waals surface area contributed by atoms with E-state index >= 15 is 0 Å². The Morgan fingerprint density at radius 2 is 1.85 bits per heavy atom. The zero-order valence-electron chi connectivity index (χ0n) is 13.6. The molecule has 0 spiro atoms. The van der Waals surface area contributed by atoms with Gasteiger partial charge in [0.05, 0.1) is 29.7 Å². The van der Waals surface area contributed by atoms with Crippen LogP contribution in [-0.4, -0.2) is 21.0 Å². The first-order chi connectivity index (χ1) is 12.5. The van der Waals surface area contributed by atoms with Crippen molar-refractivity contribution in [2.75, 3.05) is 5.32 Å². The standard InChI is InChI=1S/C19H15Cl2N3O2/c20-12-5-7-13(8-6-12)24-19(26)17(21)15(10-22-24)23-18-14-4-2-1-3-11(14)9-16(18)25/h1-8,10,16,18,23,25H,9H2/t16-,18+/m1/s1. The third-order valence-electron chi connectivity index (χ3n) is 4.51. The van der Waals surface area contributed by atoms with Gasteiger partial charge in [0, 0.05) is 11.4 Å². The molecular weight excluding hydrogens is 373 g/mol. The third-order valence-corrected chi connectivity index (χ3v) is 5.12. The highest BCUT2D eigenvalue weighted by Crippen LogP contribution is 2.35. The van der Waals surface area contributed by atoms with Crippen LogP contribution in [0.1, 0.15) is 17.2 Å². The van der Waals surface area contributed by atoms with Gasteiger partial charge in [0.25, 0.3) is 5.56 Å². The number of nitrogens with one attached hydrogen (secondary N) is 1. The average molecular weight is 388 g/mol. The molecule has 5 nitrogen and oxygen atoms in total. The van der Waals surface area contributed by atoms with Gasteiger partial charge in [-0.15, -0.1) is 0 Å². The van der Waals surface area contributed by atoms with E-state index in [0.717, 1.165) is 11.1 Å². The number of hydrogen-bond acceptors (Lipinski definition) is 4. The van der Waals surface area contributed by atoms with E-state index in [0.29, 0.717) is 22.8 Å². The largest absolute Gasteiger partial charge is 0.390 e. The normalized spacial score (nSPS) is 18.6. The molecule has 1 heterocycles. The van der Waals surface area contributed by atoms with Crippen LogP contribution in [0.4, 0.5) is 5.69 Å². The van der Waals surface area contributed by atoms with Crippen LogP contribution in [0.2, 0.25) is 10.0 Å². The number of fused-ring (bicyclic) bond motifs is 1. The first kappa shape index (κ1) is 17.1. The van der Waals surface area contributed by atoms with Gasteiger partial charge < -0.3 is 10.4 Å². The quantitative estimate of drug-likeness (QED) is 0.720. The molecule has 1 aliphatic carbocycles. The third kappa shape index (κ3) is 2.98. The Kier molecular flexibility index (Phi) is 4.44. The minimum atomic E-state index is -0.595. The number of aliphatic hydroxyl groups excluding tert-OH is 1. The summed E-state index contributed by atoms with van der Waals surface area (Å²) in [6, 6.07) is 14.2. The van der Waals surface area contributed by atoms with Crippen LogP contribution in [-0.2, 0) is 6.42 Å². The second-order valence-corrected chi connectivity index (χ2v) is 6.97. The van der Waals surface area contributed by atoms with E-state index in [1.807, 2.05) is 24.3 Å². The van der Waals surface area contributed by atoms with Crippen molar-refractivity contribution in [1.82, 2.24) is 9.78 Å². The van der Waals surface area contributed by atoms with Gasteiger partial charge in [-0.25, -0.2) is 0 Å². The molecule has 4 rings (SSSR count). The Morgan fingerprint density at radius 1 is 1.12 bits per heavy atom. The maximum Gasteiger partial charge on any atom is 0.292 e. The van der Waals surface area contributed by atoms with E-state index < -0.39 is 11.7 Å². The van der Waals surface area contributed by atoms with Crippen LogP contribution < -0.4 is 10.9 Å². The number of benzene rings is 2. The summed E-state index contributed by atoms with van der Waals surface area (Å²) in [7, 11) is 0. The molecule has 0 fully saturated rings. The Morgan fingerprint density at radius 3 is 2.62 bits per heavy atom. The minimum absolute atomic E-state index is 0.0199. The van der Waals surface area contributed by atoms with E-state index in [2.05, 4.69) is 10.4 Å². The highest BCUT2D eigenvalue weighted by atomic mass is 35.5. The molecule has 1 aromatic heterocycles. The number of anilines is 1. The van der Waals surface area contributed by atoms with Crippen molar-refractivity contribution in [1.29, 1.82) is 0 Å². The molecule has 0 saturated heterocycles. The molecule has 0 saturated carbocycles. The van der Waals surface area contributed by atoms with Crippen molar-refractivity contribution in [3.63, 3.8) is 0 Å². The average Bonchev–Trinajstić information content (AvgIpc) is 2.96. The van der Waals surface area contributed by atoms with Gasteiger partial charge in [0.1, 0.15) is 5.02 Å². The molecule has 2 atom stereocenters. The topological polar surface area (TPSA) is 67.2 Å². The molecular formula is C19H15Cl2N3O2. The van der Waals surface area contributed by atoms with Crippen LogP contribution in [0, 0.1) is 0 Å². The van der Waals surface area contributed by atoms with E-state index in [-0.39, 0.29) is 11.1 Å². The van der Waals surface area contributed by atoms with Crippen LogP contribution in [0.3, 0.4) is 0 Å². The second-order valence-electron chi connectivity index (χ2n) is 6.16. The summed E-state index contributed by atoms with van der Waals surface area (Å²) in [6.45, 7) is 0. The van der Waals surface area contributed by atoms with Crippen molar-refractivity contribution >= 4 is 28.9 Å². The Hall–Kier alpha value is -2.34. The van der Waals surface area contributed by atoms with Gasteiger partial charge in [-0.3, -0.25) is 4.79 Å². The molecule has 0 unspecified atom stereocenters. The van der Waals surface area contributed by atoms with Crippen molar-refractivity contribution in [2.45, 2.75) is 18.6 Å². The molecule has 2 N–H and O–H groups in total. The zero-order chi connectivity index (χ0) is 18.3. The molecule has 26 heavy (non-hydrogen) atoms. The second kappa shape index (κ2) is 6.76. The molecule has 0 aliphatic heterocycles. The first-order valence-corrected chi connectivity index (χ1v) is 8.86. The van der Waals surface area contributed by atoms with Crippen molar-refractivity contribution in [3.8, 4) is 5.69 Å². The smallest absolute Gasteiger partial charge is 0.292 e. The summed E-state index contributed by atoms with van der Waals surface area (Å²) in [6.07, 6.45) is 1.45. The molecule has 0 radical (unpaired) electrons. The minimum Gasteiger partial charge on any atom is -0.390 e. The molecule has 2 aromatic carbocycles. The molecule has 0 bridgehead atoms. The van der Waals surface area contributed by atoms with Gasteiger partial charge in [0.2, 0.25) is 0 Å². The van der Waals surface area contributed by atoms with Crippen molar-refractivity contribution in [2.24, 2.45) is 0 Å². The fourth-order valence-corrected chi connectivity index (χ4v) is 3.52. The highest BCUT2D eigenvalue weighted by Gasteiger charge is 2.31. The SMILES string of the molecule is O=c1c(Cl)c(N[C@H]2c3ccccc3C[C@H]2O)cnn1-c1ccc(Cl)cc1. The summed E-state index contributed by atoms with van der Waals surface area (Å²) in [5.74, 6) is 0. The van der Waals surface area contributed by atoms with Crippen LogP contribution >= 0.6 is 23.2 Å². The van der Waals surface area contributed by atoms with Gasteiger partial charge in [-0.1, -0.05) is 47.5 Å². The molecule has 0 amide bonds. The van der Waals surface area contributed by atoms with Gasteiger partial charge in [-0.05, 0) is 35.4 Å². The molecule has 1 aliphatic rings. The zero-order valence-corrected chi connectivity index (χ0v) is 15.1. The lowest BCUT2D eigenvalue weighted by Crippen LogP contribution is -2.26. The number of halogens is 2. The predicted octanol–water partition coefficient (Wildman–Crippen LogP) is 3.61. The van der Waals surface area contributed by atoms with Gasteiger partial charge in [-0.2, -0.15) is 9.78 Å². The summed E-state index contributed by atoms with van der Waals surface area (Å²) < 4.78 is 1.21. The fraction of sp³-hybridized carbons (Fsp3) is 0.158. The number of rotatable bonds is 3. The van der Waals surface area contributed by atoms with E-state index in [1.165, 1.54) is 10.9 Å². The summed E-state index contributed by atoms with van der Waals surface area (Å²) in [4.78, 5) is 12.6. The number of hydrogen-bond donors (Lipinski definition) is 2. The Labute approximate surface area is 159 Å². The van der Waals surface area contributed by atoms with Crippen LogP contribution in [0.5, 0.6) is 0 Å². The summed E-state index contributed by atoms with van der Waals surface area (Å²) in [5.41, 5.74) is 2.59. The number of nitrogens with zero attached hydrogens (tertiary/aromatic N) is 2. The number of aromatic nitrogens is 2. The van der Waals surface area contributed by atoms with Crippen LogP contribution in [0.25, 0.3) is 5.69 Å². The number of aliphatic hydroxyl groups is 1. The Balaban J connectivity index is 1.68. The highest BCUT2D eigenvalue weighted by molar-refractivity contribution is 6.33. The lowest BCUT2D eigenvalue weighted by molar-refractivity contribution is 0.166. The Bertz CT molecular complexity index is 1020. The molecule has 3 aromatic rings. The summed E-state index contributed by atoms with van der Waals surface area (Å²) >= 11 is 12.2.